The molecule has 27 heavy (non-hydrogen) atoms. The molecule has 0 unspecified atom stereocenters. The Morgan fingerprint density at radius 3 is 2.33 bits per heavy atom. The lowest BCUT2D eigenvalue weighted by Gasteiger charge is -2.31. The third-order valence-corrected chi connectivity index (χ3v) is 4.64. The lowest BCUT2D eigenvalue weighted by atomic mass is 10.0. The average molecular weight is 359 g/mol. The fourth-order valence-electron chi connectivity index (χ4n) is 3.04. The molecule has 0 aliphatic carbocycles. The SMILES string of the molecule is N#Cc1ccc(C=CC(=O)N2CCC(NC(=O)c3ccccc3)CC2)cc1. The fraction of sp³-hybridized carbons (Fsp3) is 0.227. The Kier molecular flexibility index (Phi) is 6.01. The first-order valence-electron chi connectivity index (χ1n) is 8.99. The molecule has 2 aromatic carbocycles. The van der Waals surface area contributed by atoms with E-state index in [2.05, 4.69) is 11.4 Å². The quantitative estimate of drug-likeness (QED) is 0.853. The summed E-state index contributed by atoms with van der Waals surface area (Å²) in [7, 11) is 0. The zero-order chi connectivity index (χ0) is 19.1. The second kappa shape index (κ2) is 8.81. The normalized spacial score (nSPS) is 14.7. The number of carbonyl (C=O) groups is 2. The molecule has 0 radical (unpaired) electrons. The molecule has 5 nitrogen and oxygen atoms in total. The van der Waals surface area contributed by atoms with Gasteiger partial charge in [0.25, 0.3) is 5.91 Å². The molecule has 0 bridgehead atoms. The molecule has 1 aliphatic rings. The van der Waals surface area contributed by atoms with E-state index in [0.717, 1.165) is 18.4 Å². The zero-order valence-corrected chi connectivity index (χ0v) is 15.0. The van der Waals surface area contributed by atoms with Crippen molar-refractivity contribution >= 4 is 17.9 Å². The topological polar surface area (TPSA) is 73.2 Å². The Hall–Kier alpha value is -3.39. The van der Waals surface area contributed by atoms with Gasteiger partial charge in [0.2, 0.25) is 5.91 Å². The van der Waals surface area contributed by atoms with Crippen LogP contribution in [0.3, 0.4) is 0 Å². The van der Waals surface area contributed by atoms with Gasteiger partial charge in [0.15, 0.2) is 0 Å². The lowest BCUT2D eigenvalue weighted by molar-refractivity contribution is -0.126. The Balaban J connectivity index is 1.48. The molecule has 0 spiro atoms. The summed E-state index contributed by atoms with van der Waals surface area (Å²) < 4.78 is 0. The molecule has 0 aromatic heterocycles. The van der Waals surface area contributed by atoms with Crippen LogP contribution in [0.4, 0.5) is 0 Å². The number of carbonyl (C=O) groups excluding carboxylic acids is 2. The second-order valence-electron chi connectivity index (χ2n) is 6.51. The summed E-state index contributed by atoms with van der Waals surface area (Å²) in [6, 6.07) is 18.4. The van der Waals surface area contributed by atoms with Gasteiger partial charge in [-0.05, 0) is 48.7 Å². The van der Waals surface area contributed by atoms with E-state index in [9.17, 15) is 9.59 Å². The molecule has 1 aliphatic heterocycles. The Labute approximate surface area is 158 Å². The molecule has 1 fully saturated rings. The van der Waals surface area contributed by atoms with Gasteiger partial charge in [0.1, 0.15) is 0 Å². The first kappa shape index (κ1) is 18.4. The number of hydrogen-bond donors (Lipinski definition) is 1. The first-order chi connectivity index (χ1) is 13.2. The predicted molar refractivity (Wildman–Crippen MR) is 104 cm³/mol. The van der Waals surface area contributed by atoms with Crippen LogP contribution in [0.2, 0.25) is 0 Å². The van der Waals surface area contributed by atoms with E-state index >= 15 is 0 Å². The number of amides is 2. The van der Waals surface area contributed by atoms with E-state index in [-0.39, 0.29) is 17.9 Å². The highest BCUT2D eigenvalue weighted by Crippen LogP contribution is 2.13. The largest absolute Gasteiger partial charge is 0.349 e. The summed E-state index contributed by atoms with van der Waals surface area (Å²) in [5, 5.41) is 11.8. The van der Waals surface area contributed by atoms with Crippen molar-refractivity contribution in [1.29, 1.82) is 5.26 Å². The predicted octanol–water partition coefficient (Wildman–Crippen LogP) is 2.99. The number of likely N-dealkylation sites (tertiary alicyclic amines) is 1. The van der Waals surface area contributed by atoms with Crippen molar-refractivity contribution in [3.63, 3.8) is 0 Å². The van der Waals surface area contributed by atoms with Crippen molar-refractivity contribution < 1.29 is 9.59 Å². The Morgan fingerprint density at radius 1 is 1.04 bits per heavy atom. The Bertz CT molecular complexity index is 859. The lowest BCUT2D eigenvalue weighted by Crippen LogP contribution is -2.46. The number of nitriles is 1. The number of nitrogens with one attached hydrogen (secondary N) is 1. The van der Waals surface area contributed by atoms with Gasteiger partial charge in [0.05, 0.1) is 11.6 Å². The maximum absolute atomic E-state index is 12.3. The number of hydrogen-bond acceptors (Lipinski definition) is 3. The van der Waals surface area contributed by atoms with Gasteiger partial charge in [-0.1, -0.05) is 30.3 Å². The molecule has 2 amide bonds. The van der Waals surface area contributed by atoms with E-state index in [1.807, 2.05) is 30.3 Å². The summed E-state index contributed by atoms with van der Waals surface area (Å²) in [5.41, 5.74) is 2.13. The molecule has 0 atom stereocenters. The summed E-state index contributed by atoms with van der Waals surface area (Å²) in [5.74, 6) is -0.103. The molecule has 1 N–H and O–H groups in total. The molecular formula is C22H21N3O2. The van der Waals surface area contributed by atoms with Crippen LogP contribution in [0, 0.1) is 11.3 Å². The monoisotopic (exact) mass is 359 g/mol. The third-order valence-electron chi connectivity index (χ3n) is 4.64. The van der Waals surface area contributed by atoms with Crippen LogP contribution in [-0.2, 0) is 4.79 Å². The molecule has 5 heteroatoms. The van der Waals surface area contributed by atoms with Crippen molar-refractivity contribution in [2.24, 2.45) is 0 Å². The van der Waals surface area contributed by atoms with Gasteiger partial charge < -0.3 is 10.2 Å². The molecule has 2 aromatic rings. The van der Waals surface area contributed by atoms with Crippen LogP contribution >= 0.6 is 0 Å². The summed E-state index contributed by atoms with van der Waals surface area (Å²) in [6.45, 7) is 1.24. The van der Waals surface area contributed by atoms with Gasteiger partial charge in [-0.25, -0.2) is 0 Å². The van der Waals surface area contributed by atoms with Crippen molar-refractivity contribution in [3.8, 4) is 6.07 Å². The first-order valence-corrected chi connectivity index (χ1v) is 8.99. The van der Waals surface area contributed by atoms with Crippen LogP contribution in [-0.4, -0.2) is 35.8 Å². The van der Waals surface area contributed by atoms with Crippen LogP contribution in [0.15, 0.2) is 60.7 Å². The van der Waals surface area contributed by atoms with Crippen molar-refractivity contribution in [2.75, 3.05) is 13.1 Å². The van der Waals surface area contributed by atoms with Crippen LogP contribution in [0.5, 0.6) is 0 Å². The second-order valence-corrected chi connectivity index (χ2v) is 6.51. The fourth-order valence-corrected chi connectivity index (χ4v) is 3.04. The van der Waals surface area contributed by atoms with Gasteiger partial charge in [-0.15, -0.1) is 0 Å². The molecule has 0 saturated carbocycles. The van der Waals surface area contributed by atoms with E-state index in [1.54, 1.807) is 41.3 Å². The molecule has 136 valence electrons. The maximum Gasteiger partial charge on any atom is 0.251 e. The van der Waals surface area contributed by atoms with Crippen LogP contribution in [0.25, 0.3) is 6.08 Å². The highest BCUT2D eigenvalue weighted by Gasteiger charge is 2.23. The summed E-state index contributed by atoms with van der Waals surface area (Å²) in [6.07, 6.45) is 4.81. The highest BCUT2D eigenvalue weighted by atomic mass is 16.2. The van der Waals surface area contributed by atoms with Gasteiger partial charge in [-0.2, -0.15) is 5.26 Å². The van der Waals surface area contributed by atoms with Crippen LogP contribution in [0.1, 0.15) is 34.3 Å². The minimum Gasteiger partial charge on any atom is -0.349 e. The van der Waals surface area contributed by atoms with E-state index in [4.69, 9.17) is 5.26 Å². The number of nitrogens with zero attached hydrogens (tertiary/aromatic N) is 2. The van der Waals surface area contributed by atoms with Crippen molar-refractivity contribution in [1.82, 2.24) is 10.2 Å². The maximum atomic E-state index is 12.3. The number of rotatable bonds is 4. The number of benzene rings is 2. The number of piperidine rings is 1. The van der Waals surface area contributed by atoms with Crippen molar-refractivity contribution in [3.05, 3.63) is 77.4 Å². The minimum atomic E-state index is -0.0684. The summed E-state index contributed by atoms with van der Waals surface area (Å²) >= 11 is 0. The smallest absolute Gasteiger partial charge is 0.251 e. The van der Waals surface area contributed by atoms with E-state index < -0.39 is 0 Å². The standard InChI is InChI=1S/C22H21N3O2/c23-16-18-8-6-17(7-9-18)10-11-21(26)25-14-12-20(13-15-25)24-22(27)19-4-2-1-3-5-19/h1-11,20H,12-15H2,(H,24,27). The highest BCUT2D eigenvalue weighted by molar-refractivity contribution is 5.94. The van der Waals surface area contributed by atoms with Gasteiger partial charge in [0, 0.05) is 30.8 Å². The minimum absolute atomic E-state index is 0.0350. The average Bonchev–Trinajstić information content (AvgIpc) is 2.73. The Morgan fingerprint density at radius 2 is 1.70 bits per heavy atom. The van der Waals surface area contributed by atoms with E-state index in [1.165, 1.54) is 0 Å². The van der Waals surface area contributed by atoms with Gasteiger partial charge >= 0.3 is 0 Å². The van der Waals surface area contributed by atoms with E-state index in [0.29, 0.717) is 24.2 Å². The van der Waals surface area contributed by atoms with Crippen LogP contribution < -0.4 is 5.32 Å². The van der Waals surface area contributed by atoms with Gasteiger partial charge in [-0.3, -0.25) is 9.59 Å². The molecule has 1 heterocycles. The molecule has 3 rings (SSSR count). The van der Waals surface area contributed by atoms with Crippen molar-refractivity contribution in [2.45, 2.75) is 18.9 Å². The third kappa shape index (κ3) is 5.05. The molecular weight excluding hydrogens is 338 g/mol. The summed E-state index contributed by atoms with van der Waals surface area (Å²) in [4.78, 5) is 26.4. The zero-order valence-electron chi connectivity index (χ0n) is 15.0. The molecule has 1 saturated heterocycles.